The normalized spacial score (nSPS) is 11.6. The number of aromatic nitrogens is 2. The van der Waals surface area contributed by atoms with Gasteiger partial charge < -0.3 is 14.6 Å². The number of nitrogens with zero attached hydrogens (tertiary/aromatic N) is 2. The molecule has 1 aromatic heterocycles. The summed E-state index contributed by atoms with van der Waals surface area (Å²) in [5.74, 6) is 0.510. The first-order valence-corrected chi connectivity index (χ1v) is 9.87. The van der Waals surface area contributed by atoms with Crippen LogP contribution in [0.2, 0.25) is 0 Å². The fourth-order valence-corrected chi connectivity index (χ4v) is 3.35. The summed E-state index contributed by atoms with van der Waals surface area (Å²) in [5, 5.41) is 2.81. The number of amides is 1. The van der Waals surface area contributed by atoms with Crippen LogP contribution in [-0.4, -0.2) is 28.2 Å². The molecule has 0 aliphatic rings. The van der Waals surface area contributed by atoms with Crippen molar-refractivity contribution in [3.05, 3.63) is 83.9 Å². The molecule has 0 saturated heterocycles. The fourth-order valence-electron chi connectivity index (χ4n) is 3.35. The molecule has 0 unspecified atom stereocenters. The van der Waals surface area contributed by atoms with Crippen molar-refractivity contribution in [3.8, 4) is 11.4 Å². The van der Waals surface area contributed by atoms with Gasteiger partial charge in [0.05, 0.1) is 17.6 Å². The molecule has 0 atom stereocenters. The molecule has 0 bridgehead atoms. The number of alkyl halides is 3. The predicted molar refractivity (Wildman–Crippen MR) is 116 cm³/mol. The maximum Gasteiger partial charge on any atom is 0.411 e. The topological polar surface area (TPSA) is 56.2 Å². The largest absolute Gasteiger partial charge is 0.411 e. The van der Waals surface area contributed by atoms with Crippen LogP contribution in [0.4, 0.5) is 18.9 Å². The van der Waals surface area contributed by atoms with E-state index in [1.54, 1.807) is 36.4 Å². The van der Waals surface area contributed by atoms with Crippen LogP contribution in [0, 0.1) is 0 Å². The van der Waals surface area contributed by atoms with Crippen molar-refractivity contribution in [2.45, 2.75) is 12.8 Å². The average Bonchev–Trinajstić information content (AvgIpc) is 3.11. The van der Waals surface area contributed by atoms with Crippen LogP contribution in [0.15, 0.2) is 72.8 Å². The number of carbonyl (C=O) groups excluding carboxylic acids is 1. The quantitative estimate of drug-likeness (QED) is 0.427. The van der Waals surface area contributed by atoms with Gasteiger partial charge in [-0.2, -0.15) is 13.2 Å². The number of imidazole rings is 1. The second-order valence-electron chi connectivity index (χ2n) is 7.32. The first kappa shape index (κ1) is 21.6. The van der Waals surface area contributed by atoms with E-state index in [-0.39, 0.29) is 12.5 Å². The molecule has 0 fully saturated rings. The Morgan fingerprint density at radius 1 is 1.00 bits per heavy atom. The number of nitrogens with one attached hydrogen (secondary N) is 1. The standard InChI is InChI=1S/C24H20F3N3O2/c1-30-21-5-3-2-4-20(21)29-22(30)17-10-12-19(13-11-17)28-23(31)18-8-6-16(7-9-18)14-32-15-24(25,26)27/h2-13H,14-15H2,1H3,(H,28,31). The summed E-state index contributed by atoms with van der Waals surface area (Å²) in [5.41, 5.74) is 4.43. The average molecular weight is 439 g/mol. The number of para-hydroxylation sites is 2. The molecule has 1 N–H and O–H groups in total. The van der Waals surface area contributed by atoms with Crippen molar-refractivity contribution in [3.63, 3.8) is 0 Å². The SMILES string of the molecule is Cn1c(-c2ccc(NC(=O)c3ccc(COCC(F)(F)F)cc3)cc2)nc2ccccc21. The highest BCUT2D eigenvalue weighted by Crippen LogP contribution is 2.25. The molecule has 0 aliphatic carbocycles. The van der Waals surface area contributed by atoms with Gasteiger partial charge in [-0.1, -0.05) is 24.3 Å². The lowest BCUT2D eigenvalue weighted by atomic mass is 10.1. The molecule has 8 heteroatoms. The summed E-state index contributed by atoms with van der Waals surface area (Å²) in [6, 6.07) is 21.5. The van der Waals surface area contributed by atoms with Gasteiger partial charge in [-0.25, -0.2) is 4.98 Å². The molecule has 1 heterocycles. The van der Waals surface area contributed by atoms with E-state index in [2.05, 4.69) is 15.0 Å². The van der Waals surface area contributed by atoms with Gasteiger partial charge in [0.25, 0.3) is 5.91 Å². The number of rotatable bonds is 6. The van der Waals surface area contributed by atoms with Crippen molar-refractivity contribution >= 4 is 22.6 Å². The van der Waals surface area contributed by atoms with E-state index in [9.17, 15) is 18.0 Å². The molecule has 164 valence electrons. The summed E-state index contributed by atoms with van der Waals surface area (Å²) in [6.45, 7) is -1.48. The molecule has 0 aliphatic heterocycles. The number of halogens is 3. The second kappa shape index (κ2) is 8.84. The smallest absolute Gasteiger partial charge is 0.367 e. The van der Waals surface area contributed by atoms with Gasteiger partial charge in [-0.15, -0.1) is 0 Å². The molecule has 0 saturated carbocycles. The Kier molecular flexibility index (Phi) is 5.96. The van der Waals surface area contributed by atoms with Crippen LogP contribution in [0.1, 0.15) is 15.9 Å². The molecule has 0 radical (unpaired) electrons. The van der Waals surface area contributed by atoms with Crippen LogP contribution in [0.5, 0.6) is 0 Å². The Labute approximate surface area is 182 Å². The minimum absolute atomic E-state index is 0.176. The third-order valence-corrected chi connectivity index (χ3v) is 4.94. The van der Waals surface area contributed by atoms with Crippen LogP contribution < -0.4 is 5.32 Å². The molecular weight excluding hydrogens is 419 g/mol. The summed E-state index contributed by atoms with van der Waals surface area (Å²) >= 11 is 0. The van der Waals surface area contributed by atoms with E-state index >= 15 is 0 Å². The molecule has 1 amide bonds. The first-order chi connectivity index (χ1) is 15.3. The minimum Gasteiger partial charge on any atom is -0.367 e. The maximum atomic E-state index is 12.5. The Hall–Kier alpha value is -3.65. The maximum absolute atomic E-state index is 12.5. The second-order valence-corrected chi connectivity index (χ2v) is 7.32. The third kappa shape index (κ3) is 4.97. The number of benzene rings is 3. The van der Waals surface area contributed by atoms with Gasteiger partial charge in [0, 0.05) is 23.9 Å². The van der Waals surface area contributed by atoms with Crippen molar-refractivity contribution < 1.29 is 22.7 Å². The van der Waals surface area contributed by atoms with E-state index < -0.39 is 12.8 Å². The predicted octanol–water partition coefficient (Wildman–Crippen LogP) is 5.57. The van der Waals surface area contributed by atoms with E-state index in [0.717, 1.165) is 22.4 Å². The number of fused-ring (bicyclic) bond motifs is 1. The van der Waals surface area contributed by atoms with E-state index in [4.69, 9.17) is 0 Å². The van der Waals surface area contributed by atoms with Gasteiger partial charge in [-0.3, -0.25) is 4.79 Å². The lowest BCUT2D eigenvalue weighted by molar-refractivity contribution is -0.176. The van der Waals surface area contributed by atoms with Crippen molar-refractivity contribution in [2.24, 2.45) is 7.05 Å². The Morgan fingerprint density at radius 3 is 2.34 bits per heavy atom. The number of carbonyl (C=O) groups is 1. The number of anilines is 1. The van der Waals surface area contributed by atoms with E-state index in [0.29, 0.717) is 16.8 Å². The number of aryl methyl sites for hydroxylation is 1. The van der Waals surface area contributed by atoms with E-state index in [1.807, 2.05) is 48.0 Å². The summed E-state index contributed by atoms with van der Waals surface area (Å²) in [6.07, 6.45) is -4.36. The Bertz CT molecular complexity index is 1230. The zero-order chi connectivity index (χ0) is 22.7. The zero-order valence-corrected chi connectivity index (χ0v) is 17.2. The van der Waals surface area contributed by atoms with Crippen LogP contribution >= 0.6 is 0 Å². The Morgan fingerprint density at radius 2 is 1.69 bits per heavy atom. The third-order valence-electron chi connectivity index (χ3n) is 4.94. The number of hydrogen-bond acceptors (Lipinski definition) is 3. The Balaban J connectivity index is 1.40. The molecule has 0 spiro atoms. The van der Waals surface area contributed by atoms with Crippen LogP contribution in [-0.2, 0) is 18.4 Å². The van der Waals surface area contributed by atoms with Crippen molar-refractivity contribution in [2.75, 3.05) is 11.9 Å². The molecular formula is C24H20F3N3O2. The molecule has 32 heavy (non-hydrogen) atoms. The molecule has 5 nitrogen and oxygen atoms in total. The summed E-state index contributed by atoms with van der Waals surface area (Å²) < 4.78 is 43.1. The van der Waals surface area contributed by atoms with Gasteiger partial charge in [-0.05, 0) is 54.1 Å². The zero-order valence-electron chi connectivity index (χ0n) is 17.2. The van der Waals surface area contributed by atoms with Gasteiger partial charge in [0.1, 0.15) is 12.4 Å². The van der Waals surface area contributed by atoms with E-state index in [1.165, 1.54) is 0 Å². The monoisotopic (exact) mass is 439 g/mol. The molecule has 4 rings (SSSR count). The molecule has 4 aromatic rings. The van der Waals surface area contributed by atoms with Crippen LogP contribution in [0.25, 0.3) is 22.4 Å². The molecule has 3 aromatic carbocycles. The van der Waals surface area contributed by atoms with Crippen LogP contribution in [0.3, 0.4) is 0 Å². The van der Waals surface area contributed by atoms with Gasteiger partial charge in [0.2, 0.25) is 0 Å². The number of ether oxygens (including phenoxy) is 1. The highest BCUT2D eigenvalue weighted by atomic mass is 19.4. The fraction of sp³-hybridized carbons (Fsp3) is 0.167. The highest BCUT2D eigenvalue weighted by Gasteiger charge is 2.27. The minimum atomic E-state index is -4.36. The lowest BCUT2D eigenvalue weighted by Crippen LogP contribution is -2.16. The van der Waals surface area contributed by atoms with Gasteiger partial charge >= 0.3 is 6.18 Å². The van der Waals surface area contributed by atoms with Gasteiger partial charge in [0.15, 0.2) is 0 Å². The van der Waals surface area contributed by atoms with Crippen molar-refractivity contribution in [1.82, 2.24) is 9.55 Å². The van der Waals surface area contributed by atoms with Crippen molar-refractivity contribution in [1.29, 1.82) is 0 Å². The number of hydrogen-bond donors (Lipinski definition) is 1. The lowest BCUT2D eigenvalue weighted by Gasteiger charge is -2.09. The summed E-state index contributed by atoms with van der Waals surface area (Å²) in [7, 11) is 1.96. The summed E-state index contributed by atoms with van der Waals surface area (Å²) in [4.78, 5) is 17.2. The first-order valence-electron chi connectivity index (χ1n) is 9.87. The highest BCUT2D eigenvalue weighted by molar-refractivity contribution is 6.04.